The molecule has 0 aliphatic heterocycles. The van der Waals surface area contributed by atoms with Gasteiger partial charge in [-0.05, 0) is 75.9 Å². The van der Waals surface area contributed by atoms with Crippen molar-refractivity contribution in [3.63, 3.8) is 0 Å². The van der Waals surface area contributed by atoms with Crippen molar-refractivity contribution >= 4 is 66.5 Å². The Labute approximate surface area is 235 Å². The Balaban J connectivity index is 1.60. The van der Waals surface area contributed by atoms with Gasteiger partial charge in [-0.1, -0.05) is 53.0 Å². The fourth-order valence-electron chi connectivity index (χ4n) is 3.63. The van der Waals surface area contributed by atoms with Gasteiger partial charge in [0.1, 0.15) is 12.4 Å². The van der Waals surface area contributed by atoms with Gasteiger partial charge in [-0.25, -0.2) is 9.78 Å². The Hall–Kier alpha value is -3.01. The van der Waals surface area contributed by atoms with Gasteiger partial charge in [0.2, 0.25) is 0 Å². The number of rotatable bonds is 9. The van der Waals surface area contributed by atoms with Gasteiger partial charge in [0, 0.05) is 10.9 Å². The third-order valence-electron chi connectivity index (χ3n) is 5.56. The number of halogens is 3. The first kappa shape index (κ1) is 27.0. The van der Waals surface area contributed by atoms with E-state index in [1.54, 1.807) is 36.5 Å². The maximum absolute atomic E-state index is 13.3. The Morgan fingerprint density at radius 1 is 1.16 bits per heavy atom. The molecule has 37 heavy (non-hydrogen) atoms. The Morgan fingerprint density at radius 3 is 2.59 bits per heavy atom. The molecule has 3 aromatic carbocycles. The molecule has 0 amide bonds. The number of fused-ring (bicyclic) bond motifs is 1. The summed E-state index contributed by atoms with van der Waals surface area (Å²) in [5.41, 5.74) is 2.06. The number of aromatic nitrogens is 2. The fraction of sp³-hybridized carbons (Fsp3) is 0.185. The van der Waals surface area contributed by atoms with Crippen LogP contribution in [0.5, 0.6) is 5.75 Å². The number of benzene rings is 3. The molecule has 0 fully saturated rings. The lowest BCUT2D eigenvalue weighted by Crippen LogP contribution is -2.22. The molecular weight excluding hydrogens is 626 g/mol. The first-order valence-corrected chi connectivity index (χ1v) is 13.4. The molecule has 1 heterocycles. The summed E-state index contributed by atoms with van der Waals surface area (Å²) in [5, 5.41) is 14.3. The molecule has 4 aromatic rings. The zero-order valence-electron chi connectivity index (χ0n) is 19.7. The van der Waals surface area contributed by atoms with Crippen molar-refractivity contribution in [1.82, 2.24) is 9.66 Å². The Bertz CT molecular complexity index is 1530. The minimum Gasteiger partial charge on any atom is -0.486 e. The molecule has 0 unspecified atom stereocenters. The number of aryl methyl sites for hydroxylation is 1. The summed E-state index contributed by atoms with van der Waals surface area (Å²) in [6, 6.07) is 15.3. The average Bonchev–Trinajstić information content (AvgIpc) is 2.87. The van der Waals surface area contributed by atoms with Gasteiger partial charge in [0.15, 0.2) is 5.75 Å². The first-order chi connectivity index (χ1) is 17.8. The van der Waals surface area contributed by atoms with Crippen LogP contribution in [0, 0.1) is 0 Å². The molecule has 0 saturated heterocycles. The summed E-state index contributed by atoms with van der Waals surface area (Å²) in [6.07, 6.45) is 4.03. The lowest BCUT2D eigenvalue weighted by molar-refractivity contribution is 0.0697. The van der Waals surface area contributed by atoms with Crippen LogP contribution in [0.15, 0.2) is 73.4 Å². The molecule has 0 bridgehead atoms. The highest BCUT2D eigenvalue weighted by atomic mass is 79.9. The van der Waals surface area contributed by atoms with Gasteiger partial charge in [-0.15, -0.1) is 0 Å². The van der Waals surface area contributed by atoms with Crippen LogP contribution < -0.4 is 10.3 Å². The van der Waals surface area contributed by atoms with Crippen molar-refractivity contribution in [2.75, 3.05) is 0 Å². The minimum absolute atomic E-state index is 0.206. The predicted molar refractivity (Wildman–Crippen MR) is 152 cm³/mol. The number of carboxylic acid groups (broad SMARTS) is 1. The summed E-state index contributed by atoms with van der Waals surface area (Å²) in [5.74, 6) is 0.0544. The summed E-state index contributed by atoms with van der Waals surface area (Å²) in [4.78, 5) is 29.0. The van der Waals surface area contributed by atoms with Gasteiger partial charge in [0.05, 0.1) is 32.2 Å². The van der Waals surface area contributed by atoms with E-state index in [9.17, 15) is 9.59 Å². The van der Waals surface area contributed by atoms with Crippen LogP contribution in [0.1, 0.15) is 47.1 Å². The van der Waals surface area contributed by atoms with E-state index < -0.39 is 5.97 Å². The lowest BCUT2D eigenvalue weighted by atomic mass is 10.1. The lowest BCUT2D eigenvalue weighted by Gasteiger charge is -2.12. The van der Waals surface area contributed by atoms with E-state index in [1.165, 1.54) is 16.8 Å². The molecule has 0 aliphatic rings. The van der Waals surface area contributed by atoms with Crippen molar-refractivity contribution in [1.29, 1.82) is 0 Å². The smallest absolute Gasteiger partial charge is 0.335 e. The second-order valence-corrected chi connectivity index (χ2v) is 10.4. The van der Waals surface area contributed by atoms with Crippen LogP contribution in [-0.4, -0.2) is 27.0 Å². The Kier molecular flexibility index (Phi) is 8.79. The molecule has 0 saturated carbocycles. The SMILES string of the molecule is CCCCc1nc2ccc(Br)cc2c(=O)n1N=Cc1cc(Cl)c(OCc2ccc(C(=O)O)cc2)c(Br)c1. The quantitative estimate of drug-likeness (QED) is 0.196. The molecule has 0 spiro atoms. The van der Waals surface area contributed by atoms with Crippen LogP contribution in [0.4, 0.5) is 0 Å². The molecule has 7 nitrogen and oxygen atoms in total. The Morgan fingerprint density at radius 2 is 1.92 bits per heavy atom. The van der Waals surface area contributed by atoms with Gasteiger partial charge < -0.3 is 9.84 Å². The van der Waals surface area contributed by atoms with Crippen molar-refractivity contribution in [2.24, 2.45) is 5.10 Å². The fourth-order valence-corrected chi connectivity index (χ4v) is 4.98. The highest BCUT2D eigenvalue weighted by molar-refractivity contribution is 9.10. The summed E-state index contributed by atoms with van der Waals surface area (Å²) in [7, 11) is 0. The van der Waals surface area contributed by atoms with E-state index in [0.717, 1.165) is 22.9 Å². The van der Waals surface area contributed by atoms with Crippen LogP contribution in [0.2, 0.25) is 5.02 Å². The van der Waals surface area contributed by atoms with Crippen LogP contribution in [-0.2, 0) is 13.0 Å². The highest BCUT2D eigenvalue weighted by Gasteiger charge is 2.13. The molecular formula is C27H22Br2ClN3O4. The number of hydrogen-bond acceptors (Lipinski definition) is 5. The molecule has 0 aliphatic carbocycles. The first-order valence-electron chi connectivity index (χ1n) is 11.5. The van der Waals surface area contributed by atoms with Gasteiger partial charge in [-0.3, -0.25) is 4.79 Å². The third kappa shape index (κ3) is 6.47. The van der Waals surface area contributed by atoms with Gasteiger partial charge in [0.25, 0.3) is 5.56 Å². The predicted octanol–water partition coefficient (Wildman–Crippen LogP) is 7.08. The van der Waals surface area contributed by atoms with Crippen LogP contribution in [0.3, 0.4) is 0 Å². The normalized spacial score (nSPS) is 11.4. The average molecular weight is 648 g/mol. The highest BCUT2D eigenvalue weighted by Crippen LogP contribution is 2.34. The van der Waals surface area contributed by atoms with E-state index in [1.807, 2.05) is 12.1 Å². The number of hydrogen-bond donors (Lipinski definition) is 1. The summed E-state index contributed by atoms with van der Waals surface area (Å²) >= 11 is 13.4. The molecule has 1 N–H and O–H groups in total. The monoisotopic (exact) mass is 645 g/mol. The number of carboxylic acids is 1. The van der Waals surface area contributed by atoms with E-state index in [4.69, 9.17) is 21.4 Å². The molecule has 190 valence electrons. The van der Waals surface area contributed by atoms with E-state index >= 15 is 0 Å². The van der Waals surface area contributed by atoms with Crippen molar-refractivity contribution < 1.29 is 14.6 Å². The van der Waals surface area contributed by atoms with Crippen molar-refractivity contribution in [3.8, 4) is 5.75 Å². The standard InChI is InChI=1S/C27H22Br2ClN3O4/c1-2-3-4-24-32-23-10-9-19(28)13-20(23)26(34)33(24)31-14-17-11-21(29)25(22(30)12-17)37-15-16-5-7-18(8-6-16)27(35)36/h5-14H,2-4,15H2,1H3,(H,35,36). The topological polar surface area (TPSA) is 93.8 Å². The van der Waals surface area contributed by atoms with E-state index in [-0.39, 0.29) is 17.7 Å². The van der Waals surface area contributed by atoms with Crippen molar-refractivity contribution in [3.05, 3.63) is 101 Å². The molecule has 0 radical (unpaired) electrons. The number of carbonyl (C=O) groups is 1. The molecule has 0 atom stereocenters. The number of unbranched alkanes of at least 4 members (excludes halogenated alkanes) is 1. The number of nitrogens with zero attached hydrogens (tertiary/aromatic N) is 3. The maximum Gasteiger partial charge on any atom is 0.335 e. The summed E-state index contributed by atoms with van der Waals surface area (Å²) < 4.78 is 8.62. The van der Waals surface area contributed by atoms with Crippen LogP contribution in [0.25, 0.3) is 10.9 Å². The molecule has 1 aromatic heterocycles. The number of aromatic carboxylic acids is 1. The van der Waals surface area contributed by atoms with Crippen molar-refractivity contribution in [2.45, 2.75) is 32.8 Å². The van der Waals surface area contributed by atoms with Gasteiger partial charge >= 0.3 is 5.97 Å². The second kappa shape index (κ2) is 12.0. The number of ether oxygens (including phenoxy) is 1. The molecule has 10 heteroatoms. The van der Waals surface area contributed by atoms with E-state index in [0.29, 0.717) is 44.0 Å². The zero-order valence-corrected chi connectivity index (χ0v) is 23.7. The largest absolute Gasteiger partial charge is 0.486 e. The second-order valence-electron chi connectivity index (χ2n) is 8.26. The minimum atomic E-state index is -0.984. The van der Waals surface area contributed by atoms with Gasteiger partial charge in [-0.2, -0.15) is 9.78 Å². The van der Waals surface area contributed by atoms with Crippen LogP contribution >= 0.6 is 43.5 Å². The van der Waals surface area contributed by atoms with E-state index in [2.05, 4.69) is 48.9 Å². The zero-order chi connectivity index (χ0) is 26.5. The molecule has 4 rings (SSSR count). The third-order valence-corrected chi connectivity index (χ3v) is 6.92. The maximum atomic E-state index is 13.3. The summed E-state index contributed by atoms with van der Waals surface area (Å²) in [6.45, 7) is 2.29.